The Kier molecular flexibility index (Phi) is 7.63. The monoisotopic (exact) mass is 334 g/mol. The minimum Gasteiger partial charge on any atom is -0.551 e. The molecule has 0 amide bonds. The smallest absolute Gasteiger partial charge is 0.246 e. The number of benzene rings is 1. The summed E-state index contributed by atoms with van der Waals surface area (Å²) < 4.78 is 6.77. The van der Waals surface area contributed by atoms with Gasteiger partial charge in [0.25, 0.3) is 0 Å². The molecule has 0 unspecified atom stereocenters. The van der Waals surface area contributed by atoms with Crippen LogP contribution in [-0.2, 0) is 10.8 Å². The molecule has 1 rings (SSSR count). The second-order valence-corrected chi connectivity index (χ2v) is 16.3. The van der Waals surface area contributed by atoms with Gasteiger partial charge in [-0.1, -0.05) is 76.7 Å². The highest BCUT2D eigenvalue weighted by Crippen LogP contribution is 2.31. The van der Waals surface area contributed by atoms with Crippen LogP contribution in [0.2, 0.25) is 37.3 Å². The second kappa shape index (κ2) is 8.73. The molecule has 1 aromatic rings. The van der Waals surface area contributed by atoms with Crippen molar-refractivity contribution < 1.29 is 4.43 Å². The molecule has 0 aliphatic heterocycles. The Balaban J connectivity index is 3.05. The summed E-state index contributed by atoms with van der Waals surface area (Å²) >= 11 is 0. The lowest BCUT2D eigenvalue weighted by molar-refractivity contribution is 0.436. The third kappa shape index (κ3) is 5.13. The van der Waals surface area contributed by atoms with Crippen LogP contribution in [0.15, 0.2) is 41.8 Å². The Hall–Kier alpha value is -0.806. The normalized spacial score (nSPS) is 13.3. The van der Waals surface area contributed by atoms with Gasteiger partial charge in [-0.25, -0.2) is 0 Å². The van der Waals surface area contributed by atoms with E-state index in [-0.39, 0.29) is 0 Å². The van der Waals surface area contributed by atoms with E-state index in [0.717, 1.165) is 6.42 Å². The third-order valence-electron chi connectivity index (χ3n) is 5.37. The van der Waals surface area contributed by atoms with Gasteiger partial charge in [0.05, 0.1) is 5.38 Å². The molecule has 0 spiro atoms. The molecule has 0 fully saturated rings. The zero-order valence-corrected chi connectivity index (χ0v) is 17.4. The first-order chi connectivity index (χ1) is 10.4. The van der Waals surface area contributed by atoms with E-state index in [1.165, 1.54) is 35.1 Å². The second-order valence-electron chi connectivity index (χ2n) is 6.78. The van der Waals surface area contributed by atoms with Crippen LogP contribution in [0.3, 0.4) is 0 Å². The van der Waals surface area contributed by atoms with Crippen molar-refractivity contribution in [2.45, 2.75) is 71.4 Å². The van der Waals surface area contributed by atoms with Crippen molar-refractivity contribution in [3.8, 4) is 0 Å². The quantitative estimate of drug-likeness (QED) is 0.375. The third-order valence-corrected chi connectivity index (χ3v) is 13.9. The Bertz CT molecular complexity index is 460. The molecule has 0 saturated heterocycles. The molecule has 0 radical (unpaired) electrons. The van der Waals surface area contributed by atoms with Gasteiger partial charge in [-0.3, -0.25) is 0 Å². The van der Waals surface area contributed by atoms with E-state index < -0.39 is 16.4 Å². The van der Waals surface area contributed by atoms with Gasteiger partial charge >= 0.3 is 0 Å². The summed E-state index contributed by atoms with van der Waals surface area (Å²) in [5.74, 6) is 0. The van der Waals surface area contributed by atoms with E-state index >= 15 is 0 Å². The first-order valence-corrected chi connectivity index (χ1v) is 14.6. The van der Waals surface area contributed by atoms with Gasteiger partial charge in [-0.15, -0.1) is 0 Å². The van der Waals surface area contributed by atoms with Crippen LogP contribution in [-0.4, -0.2) is 16.4 Å². The number of rotatable bonds is 9. The molecular formula is C19H34OSi2. The SMILES string of the molecule is CC[Si](C)(CC)O/C(=C\Cc1ccccc1)[Si](C)(CC)CC. The molecule has 0 heterocycles. The average Bonchev–Trinajstić information content (AvgIpc) is 2.58. The molecule has 3 heteroatoms. The number of allylic oxidation sites excluding steroid dienone is 1. The molecule has 0 bridgehead atoms. The molecule has 0 saturated carbocycles. The van der Waals surface area contributed by atoms with E-state index in [9.17, 15) is 0 Å². The molecule has 0 N–H and O–H groups in total. The van der Waals surface area contributed by atoms with Crippen LogP contribution >= 0.6 is 0 Å². The topological polar surface area (TPSA) is 9.23 Å². The average molecular weight is 335 g/mol. The van der Waals surface area contributed by atoms with Crippen molar-refractivity contribution in [3.63, 3.8) is 0 Å². The van der Waals surface area contributed by atoms with Crippen molar-refractivity contribution in [1.29, 1.82) is 0 Å². The maximum absolute atomic E-state index is 6.77. The van der Waals surface area contributed by atoms with E-state index in [4.69, 9.17) is 4.43 Å². The molecule has 0 aromatic heterocycles. The number of hydrogen-bond acceptors (Lipinski definition) is 1. The summed E-state index contributed by atoms with van der Waals surface area (Å²) in [7, 11) is -3.02. The Morgan fingerprint density at radius 3 is 1.91 bits per heavy atom. The van der Waals surface area contributed by atoms with Crippen molar-refractivity contribution in [1.82, 2.24) is 0 Å². The summed E-state index contributed by atoms with van der Waals surface area (Å²) in [5.41, 5.74) is 1.38. The van der Waals surface area contributed by atoms with Gasteiger partial charge in [0, 0.05) is 0 Å². The van der Waals surface area contributed by atoms with Crippen LogP contribution in [0.5, 0.6) is 0 Å². The lowest BCUT2D eigenvalue weighted by Crippen LogP contribution is -2.41. The summed E-state index contributed by atoms with van der Waals surface area (Å²) in [4.78, 5) is 0. The standard InChI is InChI=1S/C19H34OSi2/c1-7-21(5,8-2)19(20-22(6,9-3)10-4)17-16-18-14-12-11-13-15-18/h11-15,17H,7-10,16H2,1-6H3/b19-17+. The number of hydrogen-bond donors (Lipinski definition) is 0. The van der Waals surface area contributed by atoms with Gasteiger partial charge in [-0.05, 0) is 36.7 Å². The molecule has 0 aliphatic rings. The van der Waals surface area contributed by atoms with Gasteiger partial charge in [0.1, 0.15) is 8.07 Å². The van der Waals surface area contributed by atoms with Crippen molar-refractivity contribution in [3.05, 3.63) is 47.4 Å². The fourth-order valence-electron chi connectivity index (χ4n) is 2.49. The van der Waals surface area contributed by atoms with Crippen LogP contribution in [0.25, 0.3) is 0 Å². The highest BCUT2D eigenvalue weighted by atomic mass is 28.4. The lowest BCUT2D eigenvalue weighted by atomic mass is 10.2. The Morgan fingerprint density at radius 1 is 0.909 bits per heavy atom. The van der Waals surface area contributed by atoms with E-state index in [1.54, 1.807) is 0 Å². The van der Waals surface area contributed by atoms with Crippen molar-refractivity contribution >= 4 is 16.4 Å². The van der Waals surface area contributed by atoms with Crippen LogP contribution < -0.4 is 0 Å². The summed E-state index contributed by atoms with van der Waals surface area (Å²) in [5, 5.41) is 1.37. The maximum Gasteiger partial charge on any atom is 0.246 e. The molecule has 124 valence electrons. The highest BCUT2D eigenvalue weighted by Gasteiger charge is 2.35. The lowest BCUT2D eigenvalue weighted by Gasteiger charge is -2.36. The van der Waals surface area contributed by atoms with Crippen LogP contribution in [0, 0.1) is 0 Å². The van der Waals surface area contributed by atoms with Gasteiger partial charge in [0.15, 0.2) is 0 Å². The Morgan fingerprint density at radius 2 is 1.45 bits per heavy atom. The van der Waals surface area contributed by atoms with E-state index in [1.807, 2.05) is 0 Å². The largest absolute Gasteiger partial charge is 0.551 e. The summed E-state index contributed by atoms with van der Waals surface area (Å²) in [6, 6.07) is 15.7. The fourth-order valence-corrected chi connectivity index (χ4v) is 7.41. The molecular weight excluding hydrogens is 300 g/mol. The summed E-state index contributed by atoms with van der Waals surface area (Å²) in [6.07, 6.45) is 3.40. The minimum atomic E-state index is -1.57. The van der Waals surface area contributed by atoms with Gasteiger partial charge in [-0.2, -0.15) is 0 Å². The van der Waals surface area contributed by atoms with Gasteiger partial charge in [0.2, 0.25) is 8.32 Å². The zero-order valence-electron chi connectivity index (χ0n) is 15.4. The zero-order chi connectivity index (χ0) is 16.6. The molecule has 0 atom stereocenters. The Labute approximate surface area is 139 Å². The highest BCUT2D eigenvalue weighted by molar-refractivity contribution is 6.86. The molecule has 0 aliphatic carbocycles. The molecule has 22 heavy (non-hydrogen) atoms. The van der Waals surface area contributed by atoms with E-state index in [2.05, 4.69) is 77.2 Å². The first-order valence-electron chi connectivity index (χ1n) is 8.86. The molecule has 1 nitrogen and oxygen atoms in total. The fraction of sp³-hybridized carbons (Fsp3) is 0.579. The molecule has 1 aromatic carbocycles. The van der Waals surface area contributed by atoms with Crippen molar-refractivity contribution in [2.24, 2.45) is 0 Å². The van der Waals surface area contributed by atoms with Gasteiger partial charge < -0.3 is 4.43 Å². The van der Waals surface area contributed by atoms with E-state index in [0.29, 0.717) is 0 Å². The predicted molar refractivity (Wildman–Crippen MR) is 104 cm³/mol. The van der Waals surface area contributed by atoms with Crippen LogP contribution in [0.4, 0.5) is 0 Å². The summed E-state index contributed by atoms with van der Waals surface area (Å²) in [6.45, 7) is 14.1. The van der Waals surface area contributed by atoms with Crippen LogP contribution in [0.1, 0.15) is 33.3 Å². The van der Waals surface area contributed by atoms with Crippen molar-refractivity contribution in [2.75, 3.05) is 0 Å². The maximum atomic E-state index is 6.77. The minimum absolute atomic E-state index is 0.997. The first kappa shape index (κ1) is 19.2. The predicted octanol–water partition coefficient (Wildman–Crippen LogP) is 6.40.